The van der Waals surface area contributed by atoms with E-state index in [1.54, 1.807) is 0 Å². The quantitative estimate of drug-likeness (QED) is 0.883. The van der Waals surface area contributed by atoms with E-state index in [-0.39, 0.29) is 0 Å². The van der Waals surface area contributed by atoms with Crippen LogP contribution in [0.1, 0.15) is 32.3 Å². The summed E-state index contributed by atoms with van der Waals surface area (Å²) in [4.78, 5) is 7.64. The van der Waals surface area contributed by atoms with Gasteiger partial charge in [-0.05, 0) is 30.5 Å². The first-order valence-electron chi connectivity index (χ1n) is 7.13. The van der Waals surface area contributed by atoms with Crippen molar-refractivity contribution in [3.8, 4) is 0 Å². The average molecular weight is 255 g/mol. The lowest BCUT2D eigenvalue weighted by molar-refractivity contribution is 0.327. The number of pyridine rings is 1. The van der Waals surface area contributed by atoms with E-state index in [1.165, 1.54) is 29.4 Å². The Labute approximate surface area is 114 Å². The summed E-state index contributed by atoms with van der Waals surface area (Å²) in [5.41, 5.74) is 3.97. The number of nitrogens with one attached hydrogen (secondary N) is 2. The van der Waals surface area contributed by atoms with Gasteiger partial charge in [0.25, 0.3) is 0 Å². The lowest BCUT2D eigenvalue weighted by Gasteiger charge is -2.34. The summed E-state index contributed by atoms with van der Waals surface area (Å²) in [6.45, 7) is 6.59. The van der Waals surface area contributed by atoms with Crippen LogP contribution < -0.4 is 5.32 Å². The fraction of sp³-hybridized carbons (Fsp3) is 0.438. The molecule has 0 fully saturated rings. The van der Waals surface area contributed by atoms with Crippen molar-refractivity contribution >= 4 is 16.6 Å². The van der Waals surface area contributed by atoms with Crippen molar-refractivity contribution in [3.05, 3.63) is 36.2 Å². The minimum atomic E-state index is 0.305. The van der Waals surface area contributed by atoms with E-state index in [2.05, 4.69) is 47.5 Å². The lowest BCUT2D eigenvalue weighted by Crippen LogP contribution is -2.37. The number of hydrogen-bond donors (Lipinski definition) is 2. The van der Waals surface area contributed by atoms with Crippen LogP contribution >= 0.6 is 0 Å². The maximum atomic E-state index is 4.37. The molecule has 100 valence electrons. The van der Waals surface area contributed by atoms with Gasteiger partial charge in [-0.15, -0.1) is 0 Å². The van der Waals surface area contributed by atoms with Crippen molar-refractivity contribution in [2.45, 2.75) is 26.7 Å². The molecule has 0 bridgehead atoms. The molecule has 2 N–H and O–H groups in total. The fourth-order valence-electron chi connectivity index (χ4n) is 3.02. The molecule has 1 aliphatic rings. The van der Waals surface area contributed by atoms with Crippen LogP contribution in [0.3, 0.4) is 0 Å². The normalized spacial score (nSPS) is 18.5. The highest BCUT2D eigenvalue weighted by Gasteiger charge is 2.28. The molecule has 2 aromatic rings. The smallest absolute Gasteiger partial charge is 0.137 e. The Bertz CT molecular complexity index is 605. The summed E-state index contributed by atoms with van der Waals surface area (Å²) in [5, 5.41) is 4.80. The van der Waals surface area contributed by atoms with Gasteiger partial charge in [-0.3, -0.25) is 0 Å². The number of aromatic amines is 1. The van der Waals surface area contributed by atoms with Gasteiger partial charge >= 0.3 is 0 Å². The zero-order chi connectivity index (χ0) is 13.3. The summed E-state index contributed by atoms with van der Waals surface area (Å²) >= 11 is 0. The largest absolute Gasteiger partial charge is 0.346 e. The van der Waals surface area contributed by atoms with Gasteiger partial charge in [-0.25, -0.2) is 4.98 Å². The van der Waals surface area contributed by atoms with Gasteiger partial charge in [0.05, 0.1) is 0 Å². The van der Waals surface area contributed by atoms with Gasteiger partial charge in [0.1, 0.15) is 5.65 Å². The van der Waals surface area contributed by atoms with Gasteiger partial charge in [-0.2, -0.15) is 0 Å². The Hall–Kier alpha value is -1.61. The minimum absolute atomic E-state index is 0.305. The molecule has 0 aromatic carbocycles. The molecule has 3 nitrogen and oxygen atoms in total. The summed E-state index contributed by atoms with van der Waals surface area (Å²) in [6.07, 6.45) is 8.77. The van der Waals surface area contributed by atoms with Crippen LogP contribution in [0, 0.1) is 5.41 Å². The number of nitrogens with zero attached hydrogens (tertiary/aromatic N) is 1. The number of hydrogen-bond acceptors (Lipinski definition) is 2. The number of rotatable bonds is 3. The molecule has 3 rings (SSSR count). The Morgan fingerprint density at radius 3 is 2.95 bits per heavy atom. The van der Waals surface area contributed by atoms with Crippen LogP contribution in [0.4, 0.5) is 0 Å². The first kappa shape index (κ1) is 12.4. The third-order valence-corrected chi connectivity index (χ3v) is 4.48. The van der Waals surface area contributed by atoms with Crippen molar-refractivity contribution in [1.29, 1.82) is 0 Å². The molecular weight excluding hydrogens is 234 g/mol. The molecule has 0 saturated carbocycles. The van der Waals surface area contributed by atoms with E-state index < -0.39 is 0 Å². The molecule has 0 saturated heterocycles. The summed E-state index contributed by atoms with van der Waals surface area (Å²) in [5.74, 6) is 0. The SMILES string of the molecule is CCC1(CC)C=C(c2c[nH]c3ncccc23)CNC1. The molecule has 0 aliphatic carbocycles. The molecule has 0 radical (unpaired) electrons. The first-order valence-corrected chi connectivity index (χ1v) is 7.13. The van der Waals surface area contributed by atoms with E-state index in [0.717, 1.165) is 18.7 Å². The van der Waals surface area contributed by atoms with Crippen molar-refractivity contribution in [3.63, 3.8) is 0 Å². The average Bonchev–Trinajstić information content (AvgIpc) is 2.91. The topological polar surface area (TPSA) is 40.7 Å². The maximum absolute atomic E-state index is 4.37. The van der Waals surface area contributed by atoms with E-state index in [4.69, 9.17) is 0 Å². The van der Waals surface area contributed by atoms with Crippen molar-refractivity contribution < 1.29 is 0 Å². The predicted octanol–water partition coefficient (Wildman–Crippen LogP) is 3.36. The molecule has 3 heteroatoms. The van der Waals surface area contributed by atoms with E-state index >= 15 is 0 Å². The van der Waals surface area contributed by atoms with Crippen LogP contribution in [0.2, 0.25) is 0 Å². The van der Waals surface area contributed by atoms with Crippen LogP contribution in [-0.4, -0.2) is 23.1 Å². The number of aromatic nitrogens is 2. The first-order chi connectivity index (χ1) is 9.28. The molecule has 0 unspecified atom stereocenters. The van der Waals surface area contributed by atoms with Gasteiger partial charge in [0, 0.05) is 41.8 Å². The minimum Gasteiger partial charge on any atom is -0.346 e. The Morgan fingerprint density at radius 2 is 2.16 bits per heavy atom. The molecule has 0 amide bonds. The summed E-state index contributed by atoms with van der Waals surface area (Å²) < 4.78 is 0. The van der Waals surface area contributed by atoms with E-state index in [0.29, 0.717) is 5.41 Å². The summed E-state index contributed by atoms with van der Waals surface area (Å²) in [7, 11) is 0. The Kier molecular flexibility index (Phi) is 3.15. The standard InChI is InChI=1S/C16H21N3/c1-3-16(4-2)8-12(9-17-11-16)14-10-19-15-13(14)6-5-7-18-15/h5-8,10,17H,3-4,9,11H2,1-2H3,(H,18,19). The monoisotopic (exact) mass is 255 g/mol. The lowest BCUT2D eigenvalue weighted by atomic mass is 9.77. The highest BCUT2D eigenvalue weighted by atomic mass is 14.9. The predicted molar refractivity (Wildman–Crippen MR) is 80.0 cm³/mol. The van der Waals surface area contributed by atoms with Crippen LogP contribution in [0.15, 0.2) is 30.6 Å². The molecule has 19 heavy (non-hydrogen) atoms. The van der Waals surface area contributed by atoms with Gasteiger partial charge in [-0.1, -0.05) is 19.9 Å². The molecule has 1 aliphatic heterocycles. The number of H-pyrrole nitrogens is 1. The fourth-order valence-corrected chi connectivity index (χ4v) is 3.02. The van der Waals surface area contributed by atoms with Gasteiger partial charge in [0.2, 0.25) is 0 Å². The van der Waals surface area contributed by atoms with Crippen LogP contribution in [0.5, 0.6) is 0 Å². The zero-order valence-electron chi connectivity index (χ0n) is 11.7. The van der Waals surface area contributed by atoms with Gasteiger partial charge in [0.15, 0.2) is 0 Å². The van der Waals surface area contributed by atoms with Crippen LogP contribution in [0.25, 0.3) is 16.6 Å². The van der Waals surface area contributed by atoms with Crippen molar-refractivity contribution in [2.24, 2.45) is 5.41 Å². The molecular formula is C16H21N3. The van der Waals surface area contributed by atoms with Crippen LogP contribution in [-0.2, 0) is 0 Å². The van der Waals surface area contributed by atoms with Gasteiger partial charge < -0.3 is 10.3 Å². The summed E-state index contributed by atoms with van der Waals surface area (Å²) in [6, 6.07) is 4.15. The molecule has 2 aromatic heterocycles. The van der Waals surface area contributed by atoms with Crippen molar-refractivity contribution in [1.82, 2.24) is 15.3 Å². The Morgan fingerprint density at radius 1 is 1.32 bits per heavy atom. The van der Waals surface area contributed by atoms with E-state index in [1.807, 2.05) is 12.3 Å². The highest BCUT2D eigenvalue weighted by Crippen LogP contribution is 2.35. The third kappa shape index (κ3) is 2.08. The second kappa shape index (κ2) is 4.82. The van der Waals surface area contributed by atoms with E-state index in [9.17, 15) is 0 Å². The molecule has 0 spiro atoms. The second-order valence-corrected chi connectivity index (χ2v) is 5.44. The Balaban J connectivity index is 2.08. The molecule has 0 atom stereocenters. The third-order valence-electron chi connectivity index (χ3n) is 4.48. The number of fused-ring (bicyclic) bond motifs is 1. The zero-order valence-corrected chi connectivity index (χ0v) is 11.7. The molecule has 3 heterocycles. The maximum Gasteiger partial charge on any atom is 0.137 e. The highest BCUT2D eigenvalue weighted by molar-refractivity contribution is 5.91. The van der Waals surface area contributed by atoms with Crippen molar-refractivity contribution in [2.75, 3.05) is 13.1 Å². The second-order valence-electron chi connectivity index (χ2n) is 5.44.